The van der Waals surface area contributed by atoms with Crippen LogP contribution in [0.25, 0.3) is 0 Å². The average molecular weight is 464 g/mol. The van der Waals surface area contributed by atoms with Crippen LogP contribution in [0.15, 0.2) is 43.1 Å². The van der Waals surface area contributed by atoms with E-state index in [1.54, 1.807) is 4.90 Å². The smallest absolute Gasteiger partial charge is 0.271 e. The second-order valence-electron chi connectivity index (χ2n) is 9.16. The number of carbonyl (C=O) groups excluding carboxylic acids is 2. The van der Waals surface area contributed by atoms with E-state index in [0.717, 1.165) is 38.0 Å². The summed E-state index contributed by atoms with van der Waals surface area (Å²) in [6.45, 7) is 8.43. The van der Waals surface area contributed by atoms with Crippen molar-refractivity contribution in [2.75, 3.05) is 37.3 Å². The highest BCUT2D eigenvalue weighted by molar-refractivity contribution is 5.96. The van der Waals surface area contributed by atoms with E-state index in [1.807, 2.05) is 19.1 Å². The van der Waals surface area contributed by atoms with E-state index in [9.17, 15) is 9.59 Å². The number of aromatic nitrogens is 2. The van der Waals surface area contributed by atoms with E-state index < -0.39 is 5.91 Å². The second-order valence-corrected chi connectivity index (χ2v) is 9.16. The molecule has 0 radical (unpaired) electrons. The number of piperidine rings is 1. The standard InChI is InChI=1S/C25H33N7O2/c1-4-22(33)32-14-11-20(16(32)2)29-21-15-27-23(24(26)34)25(30-21)28-19-7-5-17(6-8-19)18-9-12-31(3)13-10-18/h4-8,15-16,18,20H,1,9-14H2,2-3H3,(H2,26,34)(H2,28,29,30)/t16-,20-/m1/s1. The minimum absolute atomic E-state index is 0.0132. The first kappa shape index (κ1) is 23.7. The largest absolute Gasteiger partial charge is 0.364 e. The molecule has 180 valence electrons. The van der Waals surface area contributed by atoms with Crippen LogP contribution in [0.5, 0.6) is 0 Å². The summed E-state index contributed by atoms with van der Waals surface area (Å²) < 4.78 is 0. The van der Waals surface area contributed by atoms with E-state index >= 15 is 0 Å². The Morgan fingerprint density at radius 2 is 1.85 bits per heavy atom. The van der Waals surface area contributed by atoms with Crippen molar-refractivity contribution in [1.82, 2.24) is 19.8 Å². The van der Waals surface area contributed by atoms with Gasteiger partial charge in [0.05, 0.1) is 6.20 Å². The van der Waals surface area contributed by atoms with Gasteiger partial charge in [-0.3, -0.25) is 9.59 Å². The summed E-state index contributed by atoms with van der Waals surface area (Å²) in [7, 11) is 2.16. The summed E-state index contributed by atoms with van der Waals surface area (Å²) >= 11 is 0. The second kappa shape index (κ2) is 10.2. The summed E-state index contributed by atoms with van der Waals surface area (Å²) in [5, 5.41) is 6.55. The lowest BCUT2D eigenvalue weighted by Crippen LogP contribution is -2.39. The van der Waals surface area contributed by atoms with E-state index in [4.69, 9.17) is 5.73 Å². The van der Waals surface area contributed by atoms with Crippen molar-refractivity contribution in [1.29, 1.82) is 0 Å². The third-order valence-electron chi connectivity index (χ3n) is 6.92. The van der Waals surface area contributed by atoms with Crippen molar-refractivity contribution >= 4 is 29.1 Å². The van der Waals surface area contributed by atoms with Gasteiger partial charge in [0.15, 0.2) is 11.5 Å². The van der Waals surface area contributed by atoms with Crippen molar-refractivity contribution in [3.8, 4) is 0 Å². The Morgan fingerprint density at radius 3 is 2.50 bits per heavy atom. The third kappa shape index (κ3) is 5.20. The zero-order valence-electron chi connectivity index (χ0n) is 19.8. The molecule has 9 heteroatoms. The zero-order valence-corrected chi connectivity index (χ0v) is 19.8. The fourth-order valence-electron chi connectivity index (χ4n) is 4.79. The van der Waals surface area contributed by atoms with Gasteiger partial charge in [-0.15, -0.1) is 0 Å². The van der Waals surface area contributed by atoms with Gasteiger partial charge in [-0.05, 0) is 76.0 Å². The molecular weight excluding hydrogens is 430 g/mol. The maximum atomic E-state index is 12.0. The minimum Gasteiger partial charge on any atom is -0.364 e. The number of nitrogens with zero attached hydrogens (tertiary/aromatic N) is 4. The van der Waals surface area contributed by atoms with Crippen LogP contribution in [-0.4, -0.2) is 70.3 Å². The zero-order chi connectivity index (χ0) is 24.2. The Hall–Kier alpha value is -3.46. The van der Waals surface area contributed by atoms with Crippen LogP contribution < -0.4 is 16.4 Å². The average Bonchev–Trinajstić information content (AvgIpc) is 3.19. The molecule has 2 aromatic rings. The van der Waals surface area contributed by atoms with Gasteiger partial charge < -0.3 is 26.2 Å². The Bertz CT molecular complexity index is 1050. The number of benzene rings is 1. The molecule has 34 heavy (non-hydrogen) atoms. The van der Waals surface area contributed by atoms with Crippen LogP contribution in [0.3, 0.4) is 0 Å². The topological polar surface area (TPSA) is 116 Å². The summed E-state index contributed by atoms with van der Waals surface area (Å²) in [6.07, 6.45) is 5.92. The van der Waals surface area contributed by atoms with Gasteiger partial charge in [0.1, 0.15) is 5.82 Å². The summed E-state index contributed by atoms with van der Waals surface area (Å²) in [5.74, 6) is 0.647. The van der Waals surface area contributed by atoms with Crippen molar-refractivity contribution in [2.45, 2.75) is 44.2 Å². The van der Waals surface area contributed by atoms with Gasteiger partial charge in [-0.2, -0.15) is 0 Å². The van der Waals surface area contributed by atoms with Gasteiger partial charge in [-0.25, -0.2) is 9.97 Å². The Labute approximate surface area is 200 Å². The minimum atomic E-state index is -0.651. The lowest BCUT2D eigenvalue weighted by Gasteiger charge is -2.29. The number of nitrogens with one attached hydrogen (secondary N) is 2. The van der Waals surface area contributed by atoms with Crippen LogP contribution in [0, 0.1) is 0 Å². The monoisotopic (exact) mass is 463 g/mol. The maximum Gasteiger partial charge on any atom is 0.271 e. The number of hydrogen-bond donors (Lipinski definition) is 3. The van der Waals surface area contributed by atoms with E-state index in [1.165, 1.54) is 17.8 Å². The third-order valence-corrected chi connectivity index (χ3v) is 6.92. The predicted octanol–water partition coefficient (Wildman–Crippen LogP) is 2.72. The molecule has 2 saturated heterocycles. The molecule has 2 amide bonds. The van der Waals surface area contributed by atoms with Crippen LogP contribution >= 0.6 is 0 Å². The van der Waals surface area contributed by atoms with Crippen molar-refractivity contribution in [3.05, 3.63) is 54.4 Å². The molecule has 4 rings (SSSR count). The van der Waals surface area contributed by atoms with Crippen molar-refractivity contribution < 1.29 is 9.59 Å². The normalized spacial score (nSPS) is 21.3. The van der Waals surface area contributed by atoms with Crippen LogP contribution in [0.1, 0.15) is 48.2 Å². The van der Waals surface area contributed by atoms with Crippen LogP contribution in [-0.2, 0) is 4.79 Å². The van der Waals surface area contributed by atoms with Gasteiger partial charge in [-0.1, -0.05) is 18.7 Å². The number of likely N-dealkylation sites (tertiary alicyclic amines) is 2. The van der Waals surface area contributed by atoms with Gasteiger partial charge >= 0.3 is 0 Å². The van der Waals surface area contributed by atoms with Crippen LogP contribution in [0.4, 0.5) is 17.3 Å². The van der Waals surface area contributed by atoms with Crippen LogP contribution in [0.2, 0.25) is 0 Å². The fourth-order valence-corrected chi connectivity index (χ4v) is 4.79. The number of anilines is 3. The molecule has 0 spiro atoms. The Balaban J connectivity index is 1.48. The fraction of sp³-hybridized carbons (Fsp3) is 0.440. The number of primary amides is 1. The number of hydrogen-bond acceptors (Lipinski definition) is 7. The molecule has 0 bridgehead atoms. The highest BCUT2D eigenvalue weighted by Crippen LogP contribution is 2.29. The van der Waals surface area contributed by atoms with E-state index in [2.05, 4.69) is 51.3 Å². The molecule has 2 aliphatic rings. The summed E-state index contributed by atoms with van der Waals surface area (Å²) in [4.78, 5) is 37.0. The number of rotatable bonds is 7. The molecule has 0 saturated carbocycles. The van der Waals surface area contributed by atoms with Gasteiger partial charge in [0, 0.05) is 24.3 Å². The molecule has 0 unspecified atom stereocenters. The van der Waals surface area contributed by atoms with E-state index in [0.29, 0.717) is 24.1 Å². The number of nitrogens with two attached hydrogens (primary N) is 1. The molecule has 9 nitrogen and oxygen atoms in total. The number of amides is 2. The van der Waals surface area contributed by atoms with Gasteiger partial charge in [0.25, 0.3) is 5.91 Å². The SMILES string of the molecule is C=CC(=O)N1CC[C@@H](Nc2cnc(C(N)=O)c(Nc3ccc(C4CCN(C)CC4)cc3)n2)[C@H]1C. The first-order valence-corrected chi connectivity index (χ1v) is 11.8. The molecule has 2 fully saturated rings. The van der Waals surface area contributed by atoms with E-state index in [-0.39, 0.29) is 23.7 Å². The highest BCUT2D eigenvalue weighted by Gasteiger charge is 2.33. The maximum absolute atomic E-state index is 12.0. The first-order chi connectivity index (χ1) is 16.4. The first-order valence-electron chi connectivity index (χ1n) is 11.8. The molecule has 1 aromatic carbocycles. The summed E-state index contributed by atoms with van der Waals surface area (Å²) in [5.41, 5.74) is 7.75. The highest BCUT2D eigenvalue weighted by atomic mass is 16.2. The quantitative estimate of drug-likeness (QED) is 0.541. The molecule has 0 aliphatic carbocycles. The molecule has 4 N–H and O–H groups in total. The number of carbonyl (C=O) groups is 2. The lowest BCUT2D eigenvalue weighted by molar-refractivity contribution is -0.126. The molecular formula is C25H33N7O2. The molecule has 2 aliphatic heterocycles. The molecule has 3 heterocycles. The van der Waals surface area contributed by atoms with Gasteiger partial charge in [0.2, 0.25) is 5.91 Å². The molecule has 2 atom stereocenters. The Morgan fingerprint density at radius 1 is 1.15 bits per heavy atom. The van der Waals surface area contributed by atoms with Crippen molar-refractivity contribution in [3.63, 3.8) is 0 Å². The predicted molar refractivity (Wildman–Crippen MR) is 133 cm³/mol. The Kier molecular flexibility index (Phi) is 7.12. The lowest BCUT2D eigenvalue weighted by atomic mass is 9.89. The van der Waals surface area contributed by atoms with Crippen molar-refractivity contribution in [2.24, 2.45) is 5.73 Å². The molecule has 1 aromatic heterocycles. The summed E-state index contributed by atoms with van der Waals surface area (Å²) in [6, 6.07) is 8.24.